The highest BCUT2D eigenvalue weighted by atomic mass is 32.2. The number of thioether (sulfide) groups is 2. The number of aliphatic imine (C=N–C) groups is 2. The summed E-state index contributed by atoms with van der Waals surface area (Å²) in [6, 6.07) is 3.59. The van der Waals surface area contributed by atoms with Crippen LogP contribution in [0.15, 0.2) is 43.8 Å². The van der Waals surface area contributed by atoms with Crippen LogP contribution in [-0.4, -0.2) is 34.2 Å². The minimum absolute atomic E-state index is 0.0892. The molecule has 8 heteroatoms. The molecule has 3 heterocycles. The van der Waals surface area contributed by atoms with E-state index in [-0.39, 0.29) is 23.5 Å². The van der Waals surface area contributed by atoms with Crippen molar-refractivity contribution in [2.24, 2.45) is 21.8 Å². The Kier molecular flexibility index (Phi) is 5.80. The summed E-state index contributed by atoms with van der Waals surface area (Å²) in [7, 11) is 0. The molecule has 2 aliphatic rings. The number of fused-ring (bicyclic) bond motifs is 1. The highest BCUT2D eigenvalue weighted by Gasteiger charge is 2.34. The molecule has 1 atom stereocenters. The van der Waals surface area contributed by atoms with E-state index < -0.39 is 0 Å². The molecule has 0 radical (unpaired) electrons. The van der Waals surface area contributed by atoms with Gasteiger partial charge >= 0.3 is 0 Å². The van der Waals surface area contributed by atoms with Crippen molar-refractivity contribution in [3.63, 3.8) is 0 Å². The van der Waals surface area contributed by atoms with E-state index in [1.165, 1.54) is 16.7 Å². The molecule has 0 aliphatic carbocycles. The quantitative estimate of drug-likeness (QED) is 0.790. The molecule has 132 valence electrons. The minimum Gasteiger partial charge on any atom is -0.467 e. The molecular formula is C17H19N3O3S2. The van der Waals surface area contributed by atoms with Crippen molar-refractivity contribution in [1.29, 1.82) is 0 Å². The molecule has 2 amide bonds. The summed E-state index contributed by atoms with van der Waals surface area (Å²) in [4.78, 5) is 33.7. The van der Waals surface area contributed by atoms with E-state index in [2.05, 4.69) is 29.1 Å². The second-order valence-electron chi connectivity index (χ2n) is 5.97. The highest BCUT2D eigenvalue weighted by Crippen LogP contribution is 2.38. The third-order valence-corrected chi connectivity index (χ3v) is 5.96. The number of carbonyl (C=O) groups is 2. The first kappa shape index (κ1) is 18.0. The predicted octanol–water partition coefficient (Wildman–Crippen LogP) is 2.87. The predicted molar refractivity (Wildman–Crippen MR) is 102 cm³/mol. The molecule has 3 rings (SSSR count). The maximum absolute atomic E-state index is 12.2. The molecule has 1 unspecified atom stereocenters. The van der Waals surface area contributed by atoms with Gasteiger partial charge in [0.05, 0.1) is 29.4 Å². The van der Waals surface area contributed by atoms with Gasteiger partial charge in [-0.2, -0.15) is 4.99 Å². The maximum atomic E-state index is 12.2. The molecule has 0 aromatic carbocycles. The first-order valence-electron chi connectivity index (χ1n) is 7.99. The van der Waals surface area contributed by atoms with Crippen molar-refractivity contribution in [2.75, 3.05) is 11.5 Å². The number of furan rings is 1. The zero-order valence-electron chi connectivity index (χ0n) is 14.0. The van der Waals surface area contributed by atoms with Crippen LogP contribution < -0.4 is 5.32 Å². The van der Waals surface area contributed by atoms with Gasteiger partial charge in [0.1, 0.15) is 17.5 Å². The van der Waals surface area contributed by atoms with Crippen LogP contribution in [0.5, 0.6) is 0 Å². The minimum atomic E-state index is -0.312. The van der Waals surface area contributed by atoms with Crippen LogP contribution in [0.3, 0.4) is 0 Å². The molecule has 0 fully saturated rings. The average Bonchev–Trinajstić information content (AvgIpc) is 3.22. The molecule has 1 aromatic heterocycles. The molecular weight excluding hydrogens is 358 g/mol. The van der Waals surface area contributed by atoms with E-state index in [4.69, 9.17) is 4.42 Å². The van der Waals surface area contributed by atoms with E-state index in [0.717, 1.165) is 5.04 Å². The topological polar surface area (TPSA) is 84.0 Å². The maximum Gasteiger partial charge on any atom is 0.261 e. The Balaban J connectivity index is 1.45. The fraction of sp³-hybridized carbons (Fsp3) is 0.412. The second-order valence-corrected chi connectivity index (χ2v) is 8.05. The molecule has 0 saturated carbocycles. The van der Waals surface area contributed by atoms with Crippen LogP contribution >= 0.6 is 23.5 Å². The number of hydrogen-bond donors (Lipinski definition) is 1. The van der Waals surface area contributed by atoms with Gasteiger partial charge in [-0.3, -0.25) is 9.59 Å². The van der Waals surface area contributed by atoms with Crippen LogP contribution in [0, 0.1) is 11.8 Å². The summed E-state index contributed by atoms with van der Waals surface area (Å²) < 4.78 is 5.16. The number of amidine groups is 1. The lowest BCUT2D eigenvalue weighted by Gasteiger charge is -2.12. The van der Waals surface area contributed by atoms with Crippen LogP contribution in [0.25, 0.3) is 0 Å². The van der Waals surface area contributed by atoms with Gasteiger partial charge in [0.25, 0.3) is 5.91 Å². The Morgan fingerprint density at radius 3 is 3.00 bits per heavy atom. The van der Waals surface area contributed by atoms with Gasteiger partial charge in [-0.25, -0.2) is 4.99 Å². The lowest BCUT2D eigenvalue weighted by atomic mass is 10.1. The third-order valence-electron chi connectivity index (χ3n) is 3.64. The van der Waals surface area contributed by atoms with Crippen molar-refractivity contribution in [3.8, 4) is 0 Å². The average molecular weight is 377 g/mol. The first-order chi connectivity index (χ1) is 12.0. The van der Waals surface area contributed by atoms with Gasteiger partial charge in [-0.1, -0.05) is 31.7 Å². The number of hydrogen-bond acceptors (Lipinski definition) is 6. The number of allylic oxidation sites excluding steroid dienone is 1. The molecule has 0 spiro atoms. The highest BCUT2D eigenvalue weighted by molar-refractivity contribution is 8.17. The van der Waals surface area contributed by atoms with Crippen LogP contribution in [0.4, 0.5) is 0 Å². The summed E-state index contributed by atoms with van der Waals surface area (Å²) in [5.41, 5.74) is 0. The lowest BCUT2D eigenvalue weighted by molar-refractivity contribution is -0.119. The smallest absolute Gasteiger partial charge is 0.261 e. The molecule has 0 saturated heterocycles. The van der Waals surface area contributed by atoms with Crippen molar-refractivity contribution >= 4 is 46.2 Å². The number of nitrogens with zero attached hydrogens (tertiary/aromatic N) is 2. The van der Waals surface area contributed by atoms with Crippen LogP contribution in [0.2, 0.25) is 0 Å². The van der Waals surface area contributed by atoms with Gasteiger partial charge in [0.15, 0.2) is 0 Å². The Bertz CT molecular complexity index is 751. The van der Waals surface area contributed by atoms with E-state index in [9.17, 15) is 9.59 Å². The van der Waals surface area contributed by atoms with E-state index in [1.54, 1.807) is 30.2 Å². The van der Waals surface area contributed by atoms with E-state index in [1.807, 2.05) is 6.08 Å². The van der Waals surface area contributed by atoms with Gasteiger partial charge in [-0.05, 0) is 23.0 Å². The van der Waals surface area contributed by atoms with Crippen molar-refractivity contribution in [3.05, 3.63) is 35.1 Å². The number of nitrogens with one attached hydrogen (secondary N) is 1. The van der Waals surface area contributed by atoms with Crippen molar-refractivity contribution < 1.29 is 14.0 Å². The van der Waals surface area contributed by atoms with Crippen molar-refractivity contribution in [1.82, 2.24) is 5.32 Å². The van der Waals surface area contributed by atoms with Crippen LogP contribution in [-0.2, 0) is 16.1 Å². The van der Waals surface area contributed by atoms with Crippen molar-refractivity contribution in [2.45, 2.75) is 20.4 Å². The zero-order chi connectivity index (χ0) is 17.8. The lowest BCUT2D eigenvalue weighted by Crippen LogP contribution is -2.26. The Hall–Kier alpha value is -1.80. The standard InChI is InChI=1S/C17H19N3O3S2/c1-10(2)13-6-12-16(22)19-14(20-17(12)25-13)8-24-9-15(21)18-7-11-4-3-5-23-11/h3-6,10,12H,7-9H2,1-2H3,(H,18,21). The fourth-order valence-electron chi connectivity index (χ4n) is 2.33. The van der Waals surface area contributed by atoms with Crippen LogP contribution in [0.1, 0.15) is 19.6 Å². The first-order valence-corrected chi connectivity index (χ1v) is 9.96. The summed E-state index contributed by atoms with van der Waals surface area (Å²) >= 11 is 2.96. The number of carbonyl (C=O) groups excluding carboxylic acids is 2. The Morgan fingerprint density at radius 2 is 2.28 bits per heavy atom. The van der Waals surface area contributed by atoms with E-state index in [0.29, 0.717) is 29.8 Å². The monoisotopic (exact) mass is 377 g/mol. The van der Waals surface area contributed by atoms with Gasteiger partial charge < -0.3 is 9.73 Å². The summed E-state index contributed by atoms with van der Waals surface area (Å²) in [6.45, 7) is 4.57. The van der Waals surface area contributed by atoms with E-state index >= 15 is 0 Å². The molecule has 0 bridgehead atoms. The Labute approximate surface area is 154 Å². The molecule has 25 heavy (non-hydrogen) atoms. The number of amides is 2. The summed E-state index contributed by atoms with van der Waals surface area (Å²) in [5, 5.41) is 3.59. The Morgan fingerprint density at radius 1 is 1.44 bits per heavy atom. The number of rotatable bonds is 7. The van der Waals surface area contributed by atoms with Gasteiger partial charge in [-0.15, -0.1) is 11.8 Å². The van der Waals surface area contributed by atoms with Gasteiger partial charge in [0, 0.05) is 0 Å². The fourth-order valence-corrected chi connectivity index (χ4v) is 4.16. The van der Waals surface area contributed by atoms with Gasteiger partial charge in [0.2, 0.25) is 5.91 Å². The summed E-state index contributed by atoms with van der Waals surface area (Å²) in [5.74, 6) is 1.74. The third kappa shape index (κ3) is 4.64. The summed E-state index contributed by atoms with van der Waals surface area (Å²) in [6.07, 6.45) is 3.54. The second kappa shape index (κ2) is 8.05. The normalized spacial score (nSPS) is 19.4. The largest absolute Gasteiger partial charge is 0.467 e. The molecule has 1 N–H and O–H groups in total. The molecule has 2 aliphatic heterocycles. The SMILES string of the molecule is CC(C)C1=CC2C(=O)N=C(CSCC(=O)NCc3ccco3)N=C2S1. The zero-order valence-corrected chi connectivity index (χ0v) is 15.7. The molecule has 6 nitrogen and oxygen atoms in total. The molecule has 1 aromatic rings.